The van der Waals surface area contributed by atoms with E-state index >= 15 is 0 Å². The Bertz CT molecular complexity index is 445. The summed E-state index contributed by atoms with van der Waals surface area (Å²) in [4.78, 5) is 1.30. The van der Waals surface area contributed by atoms with Crippen molar-refractivity contribution in [2.75, 3.05) is 11.6 Å². The van der Waals surface area contributed by atoms with E-state index in [-0.39, 0.29) is 0 Å². The van der Waals surface area contributed by atoms with Gasteiger partial charge in [-0.2, -0.15) is 0 Å². The molecule has 0 unspecified atom stereocenters. The first-order chi connectivity index (χ1) is 7.79. The number of benzene rings is 1. The molecule has 1 N–H and O–H groups in total. The molecule has 3 heteroatoms. The Labute approximate surface area is 101 Å². The summed E-state index contributed by atoms with van der Waals surface area (Å²) in [5, 5.41) is 3.41. The Morgan fingerprint density at radius 2 is 1.94 bits per heavy atom. The van der Waals surface area contributed by atoms with E-state index in [1.165, 1.54) is 16.3 Å². The molecule has 2 rings (SSSR count). The van der Waals surface area contributed by atoms with Crippen LogP contribution in [0.2, 0.25) is 0 Å². The Balaban J connectivity index is 1.97. The highest BCUT2D eigenvalue weighted by atomic mass is 32.2. The highest BCUT2D eigenvalue weighted by Gasteiger charge is 1.97. The maximum atomic E-state index is 3.41. The van der Waals surface area contributed by atoms with Crippen LogP contribution in [-0.2, 0) is 13.6 Å². The lowest BCUT2D eigenvalue weighted by molar-refractivity contribution is 0.842. The van der Waals surface area contributed by atoms with E-state index in [1.807, 2.05) is 0 Å². The predicted octanol–water partition coefficient (Wildman–Crippen LogP) is 3.36. The molecule has 0 aliphatic carbocycles. The molecule has 0 aliphatic rings. The van der Waals surface area contributed by atoms with Crippen LogP contribution >= 0.6 is 11.8 Å². The number of aromatic nitrogens is 1. The minimum Gasteiger partial charge on any atom is -0.379 e. The number of thioether (sulfide) groups is 1. The van der Waals surface area contributed by atoms with Gasteiger partial charge in [-0.3, -0.25) is 0 Å². The van der Waals surface area contributed by atoms with Crippen LogP contribution in [0, 0.1) is 0 Å². The van der Waals surface area contributed by atoms with E-state index in [1.54, 1.807) is 11.8 Å². The van der Waals surface area contributed by atoms with E-state index in [0.717, 1.165) is 6.54 Å². The van der Waals surface area contributed by atoms with Gasteiger partial charge in [0.05, 0.1) is 6.54 Å². The molecule has 1 aromatic carbocycles. The van der Waals surface area contributed by atoms with Gasteiger partial charge in [-0.05, 0) is 42.7 Å². The van der Waals surface area contributed by atoms with Crippen molar-refractivity contribution in [3.63, 3.8) is 0 Å². The van der Waals surface area contributed by atoms with E-state index in [9.17, 15) is 0 Å². The largest absolute Gasteiger partial charge is 0.379 e. The smallest absolute Gasteiger partial charge is 0.0553 e. The molecule has 0 spiro atoms. The lowest BCUT2D eigenvalue weighted by Gasteiger charge is -2.07. The van der Waals surface area contributed by atoms with Gasteiger partial charge in [-0.1, -0.05) is 0 Å². The number of anilines is 1. The molecule has 2 aromatic rings. The normalized spacial score (nSPS) is 10.4. The molecule has 0 saturated carbocycles. The first-order valence-electron chi connectivity index (χ1n) is 5.28. The van der Waals surface area contributed by atoms with Gasteiger partial charge in [0, 0.05) is 29.5 Å². The van der Waals surface area contributed by atoms with Gasteiger partial charge < -0.3 is 9.88 Å². The molecular formula is C13H16N2S. The summed E-state index contributed by atoms with van der Waals surface area (Å²) in [6.07, 6.45) is 4.15. The van der Waals surface area contributed by atoms with Crippen LogP contribution < -0.4 is 5.32 Å². The number of aryl methyl sites for hydroxylation is 1. The van der Waals surface area contributed by atoms with E-state index in [4.69, 9.17) is 0 Å². The molecule has 1 aromatic heterocycles. The maximum Gasteiger partial charge on any atom is 0.0553 e. The van der Waals surface area contributed by atoms with E-state index in [0.29, 0.717) is 0 Å². The monoisotopic (exact) mass is 232 g/mol. The molecule has 16 heavy (non-hydrogen) atoms. The third kappa shape index (κ3) is 2.61. The summed E-state index contributed by atoms with van der Waals surface area (Å²) >= 11 is 1.76. The maximum absolute atomic E-state index is 3.41. The van der Waals surface area contributed by atoms with Crippen molar-refractivity contribution in [2.24, 2.45) is 7.05 Å². The molecule has 1 heterocycles. The molecule has 2 nitrogen and oxygen atoms in total. The van der Waals surface area contributed by atoms with Crippen LogP contribution in [0.25, 0.3) is 0 Å². The second-order valence-electron chi connectivity index (χ2n) is 3.69. The van der Waals surface area contributed by atoms with Crippen molar-refractivity contribution in [1.82, 2.24) is 4.57 Å². The number of hydrogen-bond acceptors (Lipinski definition) is 2. The summed E-state index contributed by atoms with van der Waals surface area (Å²) in [6.45, 7) is 0.863. The fraction of sp³-hybridized carbons (Fsp3) is 0.231. The zero-order valence-electron chi connectivity index (χ0n) is 9.60. The minimum absolute atomic E-state index is 0.863. The number of hydrogen-bond donors (Lipinski definition) is 1. The SMILES string of the molecule is CSc1ccc(NCc2cccn2C)cc1. The van der Waals surface area contributed by atoms with Gasteiger partial charge in [-0.25, -0.2) is 0 Å². The van der Waals surface area contributed by atoms with E-state index < -0.39 is 0 Å². The van der Waals surface area contributed by atoms with Crippen LogP contribution in [-0.4, -0.2) is 10.8 Å². The average molecular weight is 232 g/mol. The Morgan fingerprint density at radius 3 is 2.50 bits per heavy atom. The summed E-state index contributed by atoms with van der Waals surface area (Å²) < 4.78 is 2.13. The summed E-state index contributed by atoms with van der Waals surface area (Å²) in [7, 11) is 2.06. The molecule has 0 radical (unpaired) electrons. The number of nitrogens with one attached hydrogen (secondary N) is 1. The molecule has 0 amide bonds. The Hall–Kier alpha value is -1.35. The quantitative estimate of drug-likeness (QED) is 0.814. The fourth-order valence-electron chi connectivity index (χ4n) is 1.58. The van der Waals surface area contributed by atoms with Crippen LogP contribution in [0.1, 0.15) is 5.69 Å². The molecular weight excluding hydrogens is 216 g/mol. The Kier molecular flexibility index (Phi) is 3.57. The standard InChI is InChI=1S/C13H16N2S/c1-15-9-3-4-12(15)10-14-11-5-7-13(16-2)8-6-11/h3-9,14H,10H2,1-2H3. The third-order valence-electron chi connectivity index (χ3n) is 2.61. The van der Waals surface area contributed by atoms with Gasteiger partial charge in [0.1, 0.15) is 0 Å². The van der Waals surface area contributed by atoms with Crippen molar-refractivity contribution >= 4 is 17.4 Å². The molecule has 0 aliphatic heterocycles. The van der Waals surface area contributed by atoms with Crippen molar-refractivity contribution in [1.29, 1.82) is 0 Å². The lowest BCUT2D eigenvalue weighted by atomic mass is 10.3. The third-order valence-corrected chi connectivity index (χ3v) is 3.36. The van der Waals surface area contributed by atoms with Crippen molar-refractivity contribution < 1.29 is 0 Å². The average Bonchev–Trinajstić information content (AvgIpc) is 2.73. The fourth-order valence-corrected chi connectivity index (χ4v) is 1.99. The minimum atomic E-state index is 0.863. The summed E-state index contributed by atoms with van der Waals surface area (Å²) in [5.41, 5.74) is 2.45. The van der Waals surface area contributed by atoms with Gasteiger partial charge in [0.15, 0.2) is 0 Å². The van der Waals surface area contributed by atoms with E-state index in [2.05, 4.69) is 65.8 Å². The highest BCUT2D eigenvalue weighted by Crippen LogP contribution is 2.17. The van der Waals surface area contributed by atoms with Gasteiger partial charge in [-0.15, -0.1) is 11.8 Å². The van der Waals surface area contributed by atoms with Gasteiger partial charge >= 0.3 is 0 Å². The topological polar surface area (TPSA) is 17.0 Å². The second-order valence-corrected chi connectivity index (χ2v) is 4.57. The van der Waals surface area contributed by atoms with Crippen LogP contribution in [0.5, 0.6) is 0 Å². The molecule has 0 saturated heterocycles. The van der Waals surface area contributed by atoms with Crippen LogP contribution in [0.3, 0.4) is 0 Å². The predicted molar refractivity (Wildman–Crippen MR) is 71.0 cm³/mol. The molecule has 0 fully saturated rings. The number of nitrogens with zero attached hydrogens (tertiary/aromatic N) is 1. The van der Waals surface area contributed by atoms with Gasteiger partial charge in [0.25, 0.3) is 0 Å². The second kappa shape index (κ2) is 5.12. The van der Waals surface area contributed by atoms with Crippen LogP contribution in [0.15, 0.2) is 47.5 Å². The molecule has 84 valence electrons. The summed E-state index contributed by atoms with van der Waals surface area (Å²) in [6, 6.07) is 12.7. The number of rotatable bonds is 4. The lowest BCUT2D eigenvalue weighted by Crippen LogP contribution is -2.03. The van der Waals surface area contributed by atoms with Crippen molar-refractivity contribution in [2.45, 2.75) is 11.4 Å². The highest BCUT2D eigenvalue weighted by molar-refractivity contribution is 7.98. The zero-order valence-corrected chi connectivity index (χ0v) is 10.4. The first-order valence-corrected chi connectivity index (χ1v) is 6.50. The molecule has 0 atom stereocenters. The van der Waals surface area contributed by atoms with Crippen LogP contribution in [0.4, 0.5) is 5.69 Å². The van der Waals surface area contributed by atoms with Crippen molar-refractivity contribution in [3.05, 3.63) is 48.3 Å². The van der Waals surface area contributed by atoms with Gasteiger partial charge in [0.2, 0.25) is 0 Å². The van der Waals surface area contributed by atoms with Crippen molar-refractivity contribution in [3.8, 4) is 0 Å². The summed E-state index contributed by atoms with van der Waals surface area (Å²) in [5.74, 6) is 0. The first kappa shape index (κ1) is 11.1. The Morgan fingerprint density at radius 1 is 1.19 bits per heavy atom. The zero-order chi connectivity index (χ0) is 11.4. The molecule has 0 bridgehead atoms.